The molecule has 1 nitrogen and oxygen atoms in total. The van der Waals surface area contributed by atoms with E-state index in [1.165, 1.54) is 12.1 Å². The van der Waals surface area contributed by atoms with Crippen LogP contribution in [0, 0.1) is 0 Å². The zero-order valence-corrected chi connectivity index (χ0v) is 5.37. The smallest absolute Gasteiger partial charge is 0.130 e. The maximum atomic E-state index is 7.00. The molecule has 0 fully saturated rings. The Balaban J connectivity index is 3.17. The monoisotopic (exact) mass is 148 g/mol. The normalized spacial score (nSPS) is 11.0. The van der Waals surface area contributed by atoms with Gasteiger partial charge in [0.25, 0.3) is 0 Å². The Kier molecular flexibility index (Phi) is 1.34. The molecule has 0 aromatic carbocycles. The summed E-state index contributed by atoms with van der Waals surface area (Å²) in [5.41, 5.74) is 0. The van der Waals surface area contributed by atoms with E-state index in [0.717, 1.165) is 0 Å². The molecule has 0 bridgehead atoms. The molecule has 42 valence electrons. The van der Waals surface area contributed by atoms with Crippen LogP contribution in [0.3, 0.4) is 0 Å². The van der Waals surface area contributed by atoms with Crippen LogP contribution in [0.5, 0.6) is 0 Å². The first-order valence-electron chi connectivity index (χ1n) is 2.48. The van der Waals surface area contributed by atoms with E-state index in [1.54, 1.807) is 0 Å². The van der Waals surface area contributed by atoms with E-state index >= 15 is 0 Å². The third kappa shape index (κ3) is 1.35. The number of halogens is 2. The molecule has 0 radical (unpaired) electrons. The Hall–Kier alpha value is -0.270. The SMILES string of the molecule is [2H]c1cc(Cl)cc(Cl)n1. The van der Waals surface area contributed by atoms with Crippen LogP contribution in [0.4, 0.5) is 0 Å². The summed E-state index contributed by atoms with van der Waals surface area (Å²) in [7, 11) is 0. The molecule has 1 aromatic rings. The fourth-order valence-electron chi connectivity index (χ4n) is 0.343. The second-order valence-corrected chi connectivity index (χ2v) is 2.06. The number of hydrogen-bond acceptors (Lipinski definition) is 1. The van der Waals surface area contributed by atoms with Crippen LogP contribution >= 0.6 is 23.2 Å². The Morgan fingerprint density at radius 1 is 1.62 bits per heavy atom. The Labute approximate surface area is 58.7 Å². The highest BCUT2D eigenvalue weighted by Crippen LogP contribution is 2.10. The van der Waals surface area contributed by atoms with Crippen molar-refractivity contribution in [2.45, 2.75) is 0 Å². The summed E-state index contributed by atoms with van der Waals surface area (Å²) in [6.45, 7) is 0. The quantitative estimate of drug-likeness (QED) is 0.516. The third-order valence-electron chi connectivity index (χ3n) is 0.631. The molecule has 0 spiro atoms. The summed E-state index contributed by atoms with van der Waals surface area (Å²) in [5, 5.41) is 0.701. The fraction of sp³-hybridized carbons (Fsp3) is 0. The molecule has 0 saturated carbocycles. The molecule has 0 aliphatic carbocycles. The number of aromatic nitrogens is 1. The molecule has 0 aliphatic heterocycles. The van der Waals surface area contributed by atoms with E-state index < -0.39 is 0 Å². The zero-order valence-electron chi connectivity index (χ0n) is 4.86. The van der Waals surface area contributed by atoms with Crippen molar-refractivity contribution >= 4 is 23.2 Å². The molecule has 8 heavy (non-hydrogen) atoms. The molecular weight excluding hydrogens is 145 g/mol. The van der Waals surface area contributed by atoms with E-state index in [9.17, 15) is 0 Å². The maximum absolute atomic E-state index is 7.00. The van der Waals surface area contributed by atoms with Gasteiger partial charge in [0, 0.05) is 11.2 Å². The van der Waals surface area contributed by atoms with Gasteiger partial charge < -0.3 is 0 Å². The fourth-order valence-corrected chi connectivity index (χ4v) is 0.718. The average Bonchev–Trinajstić information content (AvgIpc) is 1.59. The van der Waals surface area contributed by atoms with Gasteiger partial charge in [-0.3, -0.25) is 0 Å². The lowest BCUT2D eigenvalue weighted by Crippen LogP contribution is -1.69. The number of rotatable bonds is 0. The summed E-state index contributed by atoms with van der Waals surface area (Å²) in [5.74, 6) is 0. The maximum Gasteiger partial charge on any atom is 0.130 e. The van der Waals surface area contributed by atoms with E-state index in [2.05, 4.69) is 4.98 Å². The lowest BCUT2D eigenvalue weighted by molar-refractivity contribution is 1.33. The topological polar surface area (TPSA) is 12.9 Å². The summed E-state index contributed by atoms with van der Waals surface area (Å²) in [6, 6.07) is 2.91. The van der Waals surface area contributed by atoms with Crippen LogP contribution in [0.1, 0.15) is 1.37 Å². The second-order valence-electron chi connectivity index (χ2n) is 1.24. The zero-order chi connectivity index (χ0) is 6.85. The van der Waals surface area contributed by atoms with Gasteiger partial charge in [-0.2, -0.15) is 0 Å². The first-order valence-corrected chi connectivity index (χ1v) is 2.74. The number of pyridine rings is 1. The van der Waals surface area contributed by atoms with Crippen molar-refractivity contribution in [2.75, 3.05) is 0 Å². The third-order valence-corrected chi connectivity index (χ3v) is 1.04. The molecule has 1 heterocycles. The molecule has 1 rings (SSSR count). The Morgan fingerprint density at radius 3 is 2.88 bits per heavy atom. The van der Waals surface area contributed by atoms with Gasteiger partial charge in [0.05, 0.1) is 1.37 Å². The molecular formula is C5H3Cl2N. The van der Waals surface area contributed by atoms with Gasteiger partial charge in [-0.25, -0.2) is 4.98 Å². The van der Waals surface area contributed by atoms with Gasteiger partial charge in [0.15, 0.2) is 0 Å². The number of nitrogens with zero attached hydrogens (tertiary/aromatic N) is 1. The van der Waals surface area contributed by atoms with Crippen molar-refractivity contribution in [3.05, 3.63) is 28.5 Å². The summed E-state index contributed by atoms with van der Waals surface area (Å²) in [6.07, 6.45) is 0.0903. The second kappa shape index (κ2) is 2.33. The van der Waals surface area contributed by atoms with Crippen molar-refractivity contribution < 1.29 is 1.37 Å². The summed E-state index contributed by atoms with van der Waals surface area (Å²) in [4.78, 5) is 3.58. The molecule has 0 unspecified atom stereocenters. The molecule has 0 saturated heterocycles. The lowest BCUT2D eigenvalue weighted by Gasteiger charge is -1.85. The largest absolute Gasteiger partial charge is 0.244 e. The number of hydrogen-bond donors (Lipinski definition) is 0. The van der Waals surface area contributed by atoms with Crippen LogP contribution in [-0.4, -0.2) is 4.98 Å². The van der Waals surface area contributed by atoms with Gasteiger partial charge in [-0.15, -0.1) is 0 Å². The summed E-state index contributed by atoms with van der Waals surface area (Å²) >= 11 is 10.9. The standard InChI is InChI=1S/C5H3Cl2N/c6-4-1-2-8-5(7)3-4/h1-3H/i2D. The van der Waals surface area contributed by atoms with Crippen LogP contribution in [0.25, 0.3) is 0 Å². The molecule has 1 aromatic heterocycles. The van der Waals surface area contributed by atoms with Gasteiger partial charge >= 0.3 is 0 Å². The van der Waals surface area contributed by atoms with Gasteiger partial charge in [0.1, 0.15) is 5.15 Å². The minimum Gasteiger partial charge on any atom is -0.244 e. The van der Waals surface area contributed by atoms with Gasteiger partial charge in [0.2, 0.25) is 0 Å². The highest BCUT2D eigenvalue weighted by Gasteiger charge is 1.86. The highest BCUT2D eigenvalue weighted by molar-refractivity contribution is 6.33. The predicted molar refractivity (Wildman–Crippen MR) is 34.3 cm³/mol. The van der Waals surface area contributed by atoms with E-state index in [0.29, 0.717) is 5.02 Å². The van der Waals surface area contributed by atoms with Crippen LogP contribution < -0.4 is 0 Å². The van der Waals surface area contributed by atoms with Crippen molar-refractivity contribution in [1.29, 1.82) is 0 Å². The van der Waals surface area contributed by atoms with Crippen LogP contribution in [0.2, 0.25) is 10.2 Å². The van der Waals surface area contributed by atoms with Crippen molar-refractivity contribution in [1.82, 2.24) is 4.98 Å². The lowest BCUT2D eigenvalue weighted by atomic mass is 10.5. The van der Waals surface area contributed by atoms with E-state index in [1.807, 2.05) is 0 Å². The van der Waals surface area contributed by atoms with Gasteiger partial charge in [-0.1, -0.05) is 23.2 Å². The van der Waals surface area contributed by atoms with E-state index in [4.69, 9.17) is 24.6 Å². The molecule has 0 N–H and O–H groups in total. The molecule has 0 atom stereocenters. The Morgan fingerprint density at radius 2 is 2.38 bits per heavy atom. The van der Waals surface area contributed by atoms with Gasteiger partial charge in [-0.05, 0) is 12.1 Å². The Bertz CT molecular complexity index is 176. The minimum atomic E-state index is 0.0903. The molecule has 0 aliphatic rings. The van der Waals surface area contributed by atoms with Crippen LogP contribution in [-0.2, 0) is 0 Å². The van der Waals surface area contributed by atoms with E-state index in [-0.39, 0.29) is 11.3 Å². The first kappa shape index (κ1) is 4.59. The average molecular weight is 149 g/mol. The van der Waals surface area contributed by atoms with Crippen molar-refractivity contribution in [3.8, 4) is 0 Å². The van der Waals surface area contributed by atoms with Crippen molar-refractivity contribution in [2.24, 2.45) is 0 Å². The molecule has 3 heteroatoms. The predicted octanol–water partition coefficient (Wildman–Crippen LogP) is 2.39. The van der Waals surface area contributed by atoms with Crippen molar-refractivity contribution in [3.63, 3.8) is 0 Å². The highest BCUT2D eigenvalue weighted by atomic mass is 35.5. The first-order chi connectivity index (χ1) is 4.18. The molecule has 0 amide bonds. The van der Waals surface area contributed by atoms with Crippen LogP contribution in [0.15, 0.2) is 18.3 Å². The summed E-state index contributed by atoms with van der Waals surface area (Å²) < 4.78 is 7.00. The minimum absolute atomic E-state index is 0.0903.